The third-order valence-electron chi connectivity index (χ3n) is 3.87. The van der Waals surface area contributed by atoms with Gasteiger partial charge < -0.3 is 48.8 Å². The van der Waals surface area contributed by atoms with E-state index < -0.39 is 54.0 Å². The first-order valence-corrected chi connectivity index (χ1v) is 12.9. The van der Waals surface area contributed by atoms with E-state index in [1.165, 1.54) is 17.2 Å². The van der Waals surface area contributed by atoms with Crippen LogP contribution in [-0.4, -0.2) is 49.3 Å². The molecular weight excluding hydrogens is 471 g/mol. The number of nitrogen functional groups attached to an aromatic ring is 1. The number of nitrogens with zero attached hydrogens (tertiary/aromatic N) is 4. The minimum absolute atomic E-state index is 0.0248. The van der Waals surface area contributed by atoms with Crippen LogP contribution in [0.25, 0.3) is 11.2 Å². The van der Waals surface area contributed by atoms with E-state index >= 15 is 0 Å². The van der Waals surface area contributed by atoms with Crippen LogP contribution in [-0.2, 0) is 27.3 Å². The number of aliphatic hydroxyl groups is 1. The first-order chi connectivity index (χ1) is 13.8. The fraction of sp³-hybridized carbons (Fsp3) is 0.545. The number of phosphoric acid groups is 1. The molecule has 168 valence electrons. The molecule has 1 aliphatic rings. The second-order valence-corrected chi connectivity index (χ2v) is 11.6. The molecule has 2 unspecified atom stereocenters. The molecule has 3 N–H and O–H groups in total. The van der Waals surface area contributed by atoms with Crippen LogP contribution in [0.15, 0.2) is 12.7 Å². The van der Waals surface area contributed by atoms with Crippen LogP contribution in [0.2, 0.25) is 0 Å². The van der Waals surface area contributed by atoms with Gasteiger partial charge in [0.05, 0.1) is 19.0 Å². The predicted octanol–water partition coefficient (Wildman–Crippen LogP) is -3.02. The minimum Gasteiger partial charge on any atom is -0.810 e. The summed E-state index contributed by atoms with van der Waals surface area (Å²) in [7, 11) is -16.7. The second kappa shape index (κ2) is 8.34. The Kier molecular flexibility index (Phi) is 6.50. The number of ether oxygens (including phenoxy) is 1. The van der Waals surface area contributed by atoms with E-state index in [4.69, 9.17) is 10.5 Å². The van der Waals surface area contributed by atoms with Gasteiger partial charge in [-0.05, 0) is 0 Å². The summed E-state index contributed by atoms with van der Waals surface area (Å²) in [6.45, 7) is -0.853. The van der Waals surface area contributed by atoms with E-state index in [0.717, 1.165) is 0 Å². The average Bonchev–Trinajstić information content (AvgIpc) is 3.14. The summed E-state index contributed by atoms with van der Waals surface area (Å²) in [6, 6.07) is 0. The van der Waals surface area contributed by atoms with Gasteiger partial charge >= 0.3 is 0 Å². The highest BCUT2D eigenvalue weighted by Crippen LogP contribution is 2.59. The van der Waals surface area contributed by atoms with E-state index in [1.807, 2.05) is 0 Å². The van der Waals surface area contributed by atoms with Crippen molar-refractivity contribution < 1.29 is 51.9 Å². The SMILES string of the molecule is Nc1ncnc2c1ncn2[C@H]1C[C@H](O)[C@@H](COP(=O)([O-])OP(=O)([O-])CP(=O)([O-])[O-])O1. The van der Waals surface area contributed by atoms with E-state index in [9.17, 15) is 38.4 Å². The van der Waals surface area contributed by atoms with E-state index in [-0.39, 0.29) is 17.8 Å². The van der Waals surface area contributed by atoms with E-state index in [0.29, 0.717) is 5.65 Å². The highest BCUT2D eigenvalue weighted by atomic mass is 31.3. The lowest BCUT2D eigenvalue weighted by molar-refractivity contribution is -0.312. The smallest absolute Gasteiger partial charge is 0.272 e. The molecule has 1 aliphatic heterocycles. The zero-order chi connectivity index (χ0) is 22.3. The Labute approximate surface area is 168 Å². The lowest BCUT2D eigenvalue weighted by Gasteiger charge is -2.38. The van der Waals surface area contributed by atoms with E-state index in [1.54, 1.807) is 0 Å². The molecule has 0 aliphatic carbocycles. The van der Waals surface area contributed by atoms with Crippen molar-refractivity contribution in [2.24, 2.45) is 0 Å². The van der Waals surface area contributed by atoms with Crippen LogP contribution < -0.4 is 25.3 Å². The quantitative estimate of drug-likeness (QED) is 0.353. The van der Waals surface area contributed by atoms with Gasteiger partial charge in [0.2, 0.25) is 0 Å². The molecule has 30 heavy (non-hydrogen) atoms. The Bertz CT molecular complexity index is 1070. The third kappa shape index (κ3) is 5.69. The number of phosphoric ester groups is 1. The Morgan fingerprint density at radius 3 is 2.60 bits per heavy atom. The highest BCUT2D eigenvalue weighted by Gasteiger charge is 2.37. The number of rotatable bonds is 8. The van der Waals surface area contributed by atoms with Gasteiger partial charge in [0.1, 0.15) is 31.8 Å². The maximum absolute atomic E-state index is 11.7. The fourth-order valence-corrected chi connectivity index (χ4v) is 6.80. The summed E-state index contributed by atoms with van der Waals surface area (Å²) < 4.78 is 48.5. The van der Waals surface area contributed by atoms with Crippen molar-refractivity contribution in [3.8, 4) is 0 Å². The van der Waals surface area contributed by atoms with Gasteiger partial charge in [-0.25, -0.2) is 15.0 Å². The van der Waals surface area contributed by atoms with Gasteiger partial charge in [0.25, 0.3) is 7.82 Å². The summed E-state index contributed by atoms with van der Waals surface area (Å²) >= 11 is 0. The summed E-state index contributed by atoms with van der Waals surface area (Å²) in [6.07, 6.45) is -0.796. The molecule has 0 spiro atoms. The molecule has 3 heterocycles. The molecule has 0 aromatic carbocycles. The van der Waals surface area contributed by atoms with Crippen LogP contribution in [0.5, 0.6) is 0 Å². The number of aromatic nitrogens is 4. The van der Waals surface area contributed by atoms with Crippen molar-refractivity contribution in [2.75, 3.05) is 18.2 Å². The Balaban J connectivity index is 1.64. The summed E-state index contributed by atoms with van der Waals surface area (Å²) in [4.78, 5) is 55.9. The number of aliphatic hydroxyl groups excluding tert-OH is 1. The molecule has 5 atom stereocenters. The zero-order valence-electron chi connectivity index (χ0n) is 14.7. The monoisotopic (exact) mass is 485 g/mol. The van der Waals surface area contributed by atoms with Crippen molar-refractivity contribution in [3.63, 3.8) is 0 Å². The summed E-state index contributed by atoms with van der Waals surface area (Å²) in [5.41, 5.74) is 6.27. The fourth-order valence-electron chi connectivity index (χ4n) is 2.70. The lowest BCUT2D eigenvalue weighted by Crippen LogP contribution is -2.28. The number of hydrogen-bond donors (Lipinski definition) is 2. The van der Waals surface area contributed by atoms with Gasteiger partial charge in [-0.1, -0.05) is 7.60 Å². The molecule has 16 nitrogen and oxygen atoms in total. The average molecular weight is 485 g/mol. The first kappa shape index (κ1) is 23.4. The highest BCUT2D eigenvalue weighted by molar-refractivity contribution is 7.71. The van der Waals surface area contributed by atoms with Crippen LogP contribution in [0.3, 0.4) is 0 Å². The van der Waals surface area contributed by atoms with Crippen LogP contribution in [0.4, 0.5) is 5.82 Å². The standard InChI is InChI=1S/C11H18N5O11P3/c12-10-9-11(14-3-13-10)16(4-15-9)8-1-6(17)7(26-8)2-25-30(23,24)27-29(21,22)5-28(18,19)20/h3-4,6-8,17H,1-2,5H2,(H,21,22)(H,23,24)(H2,12,13,14)(H2,18,19,20)/p-4/t6-,7+,8+/m0/s1. The van der Waals surface area contributed by atoms with Gasteiger partial charge in [-0.2, -0.15) is 0 Å². The Morgan fingerprint density at radius 2 is 1.93 bits per heavy atom. The minimum atomic E-state index is -5.59. The molecular formula is C11H14N5O11P3-4. The number of hydrogen-bond acceptors (Lipinski definition) is 15. The van der Waals surface area contributed by atoms with Crippen LogP contribution in [0, 0.1) is 0 Å². The molecule has 1 fully saturated rings. The molecule has 0 bridgehead atoms. The number of anilines is 1. The largest absolute Gasteiger partial charge is 0.810 e. The molecule has 0 radical (unpaired) electrons. The van der Waals surface area contributed by atoms with Crippen LogP contribution >= 0.6 is 23.0 Å². The molecule has 0 saturated carbocycles. The van der Waals surface area contributed by atoms with E-state index in [2.05, 4.69) is 23.8 Å². The summed E-state index contributed by atoms with van der Waals surface area (Å²) in [5, 5.41) is 10.1. The molecule has 2 aromatic rings. The lowest BCUT2D eigenvalue weighted by atomic mass is 10.2. The van der Waals surface area contributed by atoms with Crippen molar-refractivity contribution in [2.45, 2.75) is 24.9 Å². The maximum Gasteiger partial charge on any atom is 0.272 e. The maximum atomic E-state index is 11.7. The Hall–Kier alpha value is -1.28. The summed E-state index contributed by atoms with van der Waals surface area (Å²) in [5.74, 6) is -1.93. The third-order valence-corrected chi connectivity index (χ3v) is 8.90. The van der Waals surface area contributed by atoms with Gasteiger partial charge in [-0.15, -0.1) is 0 Å². The molecule has 1 saturated heterocycles. The van der Waals surface area contributed by atoms with Crippen molar-refractivity contribution >= 4 is 40.0 Å². The second-order valence-electron chi connectivity index (χ2n) is 6.20. The van der Waals surface area contributed by atoms with Gasteiger partial charge in [-0.3, -0.25) is 13.4 Å². The molecule has 19 heteroatoms. The van der Waals surface area contributed by atoms with Crippen molar-refractivity contribution in [3.05, 3.63) is 12.7 Å². The topological polar surface area (TPSA) is 261 Å². The van der Waals surface area contributed by atoms with Gasteiger partial charge in [0, 0.05) is 12.3 Å². The predicted molar refractivity (Wildman–Crippen MR) is 89.0 cm³/mol. The first-order valence-electron chi connectivity index (χ1n) is 8.01. The van der Waals surface area contributed by atoms with Crippen LogP contribution in [0.1, 0.15) is 12.6 Å². The normalized spacial score (nSPS) is 26.5. The number of fused-ring (bicyclic) bond motifs is 1. The zero-order valence-corrected chi connectivity index (χ0v) is 17.4. The number of imidazole rings is 1. The number of nitrogens with two attached hydrogens (primary N) is 1. The molecule has 3 rings (SSSR count). The molecule has 2 aromatic heterocycles. The van der Waals surface area contributed by atoms with Gasteiger partial charge in [0.15, 0.2) is 11.5 Å². The van der Waals surface area contributed by atoms with Crippen molar-refractivity contribution in [1.82, 2.24) is 19.5 Å². The molecule has 0 amide bonds. The van der Waals surface area contributed by atoms with Crippen molar-refractivity contribution in [1.29, 1.82) is 0 Å². The Morgan fingerprint density at radius 1 is 1.23 bits per heavy atom.